The Morgan fingerprint density at radius 1 is 1.39 bits per heavy atom. The molecular weight excluding hydrogens is 290 g/mol. The first-order chi connectivity index (χ1) is 10.9. The van der Waals surface area contributed by atoms with Crippen molar-refractivity contribution in [1.29, 1.82) is 0 Å². The predicted octanol–water partition coefficient (Wildman–Crippen LogP) is 3.43. The molecular formula is C18H25N3O2. The average Bonchev–Trinajstić information content (AvgIpc) is 3.13. The number of hydrogen-bond acceptors (Lipinski definition) is 2. The van der Waals surface area contributed by atoms with Crippen molar-refractivity contribution in [2.24, 2.45) is 0 Å². The second kappa shape index (κ2) is 5.89. The lowest BCUT2D eigenvalue weighted by Gasteiger charge is -2.33. The standard InChI is InChI=1S/C18H25N3O2/c1-4-20-11-9-13-7-8-14(12-15(13)20)19-17(22)21-10-5-6-16(21)18(2,3)23/h7-9,11-12,16,23H,4-6,10H2,1-3H3,(H,19,22). The van der Waals surface area contributed by atoms with Crippen LogP contribution in [0.5, 0.6) is 0 Å². The Morgan fingerprint density at radius 2 is 2.17 bits per heavy atom. The van der Waals surface area contributed by atoms with Crippen molar-refractivity contribution in [2.75, 3.05) is 11.9 Å². The van der Waals surface area contributed by atoms with E-state index in [0.717, 1.165) is 30.6 Å². The number of urea groups is 1. The van der Waals surface area contributed by atoms with Crippen molar-refractivity contribution in [2.45, 2.75) is 51.8 Å². The third-order valence-electron chi connectivity index (χ3n) is 4.69. The van der Waals surface area contributed by atoms with Crippen LogP contribution in [0.4, 0.5) is 10.5 Å². The monoisotopic (exact) mass is 315 g/mol. The highest BCUT2D eigenvalue weighted by molar-refractivity contribution is 5.93. The van der Waals surface area contributed by atoms with Crippen molar-refractivity contribution in [3.63, 3.8) is 0 Å². The molecule has 1 aromatic heterocycles. The molecule has 2 aromatic rings. The van der Waals surface area contributed by atoms with Crippen LogP contribution in [0.3, 0.4) is 0 Å². The molecule has 5 nitrogen and oxygen atoms in total. The van der Waals surface area contributed by atoms with Crippen LogP contribution in [0.2, 0.25) is 0 Å². The summed E-state index contributed by atoms with van der Waals surface area (Å²) in [5.74, 6) is 0. The van der Waals surface area contributed by atoms with Crippen LogP contribution in [0.1, 0.15) is 33.6 Å². The first kappa shape index (κ1) is 15.9. The molecule has 1 atom stereocenters. The quantitative estimate of drug-likeness (QED) is 0.911. The molecule has 0 bridgehead atoms. The lowest BCUT2D eigenvalue weighted by atomic mass is 9.97. The number of carbonyl (C=O) groups excluding carboxylic acids is 1. The van der Waals surface area contributed by atoms with E-state index in [-0.39, 0.29) is 12.1 Å². The molecule has 2 amide bonds. The van der Waals surface area contributed by atoms with Crippen LogP contribution < -0.4 is 5.32 Å². The molecule has 1 aliphatic rings. The number of aromatic nitrogens is 1. The highest BCUT2D eigenvalue weighted by Gasteiger charge is 2.38. The van der Waals surface area contributed by atoms with Gasteiger partial charge in [-0.15, -0.1) is 0 Å². The molecule has 0 radical (unpaired) electrons. The van der Waals surface area contributed by atoms with Gasteiger partial charge < -0.3 is 19.9 Å². The van der Waals surface area contributed by atoms with Gasteiger partial charge in [0.15, 0.2) is 0 Å². The minimum absolute atomic E-state index is 0.134. The average molecular weight is 315 g/mol. The van der Waals surface area contributed by atoms with Gasteiger partial charge >= 0.3 is 6.03 Å². The number of fused-ring (bicyclic) bond motifs is 1. The molecule has 2 N–H and O–H groups in total. The van der Waals surface area contributed by atoms with E-state index < -0.39 is 5.60 Å². The van der Waals surface area contributed by atoms with Gasteiger partial charge in [-0.1, -0.05) is 6.07 Å². The van der Waals surface area contributed by atoms with Crippen molar-refractivity contribution in [1.82, 2.24) is 9.47 Å². The van der Waals surface area contributed by atoms with Crippen molar-refractivity contribution < 1.29 is 9.90 Å². The van der Waals surface area contributed by atoms with Gasteiger partial charge in [-0.2, -0.15) is 0 Å². The number of anilines is 1. The minimum Gasteiger partial charge on any atom is -0.388 e. The number of likely N-dealkylation sites (tertiary alicyclic amines) is 1. The first-order valence-corrected chi connectivity index (χ1v) is 8.29. The number of aryl methyl sites for hydroxylation is 1. The van der Waals surface area contributed by atoms with E-state index >= 15 is 0 Å². The SMILES string of the molecule is CCn1ccc2ccc(NC(=O)N3CCCC3C(C)(C)O)cc21. The highest BCUT2D eigenvalue weighted by Crippen LogP contribution is 2.28. The lowest BCUT2D eigenvalue weighted by Crippen LogP contribution is -2.49. The smallest absolute Gasteiger partial charge is 0.322 e. The molecule has 2 heterocycles. The molecule has 3 rings (SSSR count). The number of hydrogen-bond donors (Lipinski definition) is 2. The molecule has 0 aliphatic carbocycles. The van der Waals surface area contributed by atoms with Crippen LogP contribution in [0.25, 0.3) is 10.9 Å². The van der Waals surface area contributed by atoms with Gasteiger partial charge in [0.1, 0.15) is 0 Å². The molecule has 5 heteroatoms. The lowest BCUT2D eigenvalue weighted by molar-refractivity contribution is 0.0117. The molecule has 23 heavy (non-hydrogen) atoms. The maximum absolute atomic E-state index is 12.6. The van der Waals surface area contributed by atoms with Gasteiger partial charge in [-0.3, -0.25) is 0 Å². The maximum Gasteiger partial charge on any atom is 0.322 e. The summed E-state index contributed by atoms with van der Waals surface area (Å²) in [7, 11) is 0. The van der Waals surface area contributed by atoms with Crippen molar-refractivity contribution in [3.05, 3.63) is 30.5 Å². The number of amides is 2. The van der Waals surface area contributed by atoms with Gasteiger partial charge in [-0.25, -0.2) is 4.79 Å². The van der Waals surface area contributed by atoms with Crippen LogP contribution in [-0.2, 0) is 6.54 Å². The predicted molar refractivity (Wildman–Crippen MR) is 92.7 cm³/mol. The zero-order valence-electron chi connectivity index (χ0n) is 14.0. The summed E-state index contributed by atoms with van der Waals surface area (Å²) >= 11 is 0. The zero-order chi connectivity index (χ0) is 16.6. The molecule has 0 saturated carbocycles. The number of benzene rings is 1. The Labute approximate surface area is 136 Å². The Hall–Kier alpha value is -2.01. The molecule has 1 aromatic carbocycles. The van der Waals surface area contributed by atoms with Crippen LogP contribution >= 0.6 is 0 Å². The minimum atomic E-state index is -0.880. The van der Waals surface area contributed by atoms with E-state index in [2.05, 4.69) is 29.1 Å². The van der Waals surface area contributed by atoms with Gasteiger partial charge in [0.05, 0.1) is 17.2 Å². The van der Waals surface area contributed by atoms with E-state index in [9.17, 15) is 9.90 Å². The fraction of sp³-hybridized carbons (Fsp3) is 0.500. The summed E-state index contributed by atoms with van der Waals surface area (Å²) in [6.45, 7) is 7.22. The van der Waals surface area contributed by atoms with Crippen molar-refractivity contribution >= 4 is 22.6 Å². The van der Waals surface area contributed by atoms with Gasteiger partial charge in [0, 0.05) is 25.0 Å². The Morgan fingerprint density at radius 3 is 2.87 bits per heavy atom. The third kappa shape index (κ3) is 3.06. The summed E-state index contributed by atoms with van der Waals surface area (Å²) < 4.78 is 2.15. The topological polar surface area (TPSA) is 57.5 Å². The van der Waals surface area contributed by atoms with Gasteiger partial charge in [0.25, 0.3) is 0 Å². The zero-order valence-corrected chi connectivity index (χ0v) is 14.0. The maximum atomic E-state index is 12.6. The summed E-state index contributed by atoms with van der Waals surface area (Å²) in [4.78, 5) is 14.4. The van der Waals surface area contributed by atoms with E-state index in [0.29, 0.717) is 6.54 Å². The molecule has 1 aliphatic heterocycles. The molecule has 0 spiro atoms. The van der Waals surface area contributed by atoms with Crippen LogP contribution in [-0.4, -0.2) is 38.8 Å². The van der Waals surface area contributed by atoms with Crippen molar-refractivity contribution in [3.8, 4) is 0 Å². The normalized spacial score (nSPS) is 18.6. The Bertz CT molecular complexity index is 715. The van der Waals surface area contributed by atoms with E-state index in [1.54, 1.807) is 18.7 Å². The molecule has 1 fully saturated rings. The highest BCUT2D eigenvalue weighted by atomic mass is 16.3. The summed E-state index contributed by atoms with van der Waals surface area (Å²) in [5.41, 5.74) is 1.03. The molecule has 1 unspecified atom stereocenters. The first-order valence-electron chi connectivity index (χ1n) is 8.29. The van der Waals surface area contributed by atoms with Gasteiger partial charge in [0.2, 0.25) is 0 Å². The number of carbonyl (C=O) groups is 1. The summed E-state index contributed by atoms with van der Waals surface area (Å²) in [6.07, 6.45) is 3.83. The molecule has 1 saturated heterocycles. The fourth-order valence-electron chi connectivity index (χ4n) is 3.48. The fourth-order valence-corrected chi connectivity index (χ4v) is 3.48. The number of aliphatic hydroxyl groups is 1. The second-order valence-corrected chi connectivity index (χ2v) is 6.81. The Kier molecular flexibility index (Phi) is 4.06. The van der Waals surface area contributed by atoms with E-state index in [1.807, 2.05) is 18.2 Å². The third-order valence-corrected chi connectivity index (χ3v) is 4.69. The number of rotatable bonds is 3. The van der Waals surface area contributed by atoms with Gasteiger partial charge in [-0.05, 0) is 57.2 Å². The number of nitrogens with one attached hydrogen (secondary N) is 1. The van der Waals surface area contributed by atoms with Crippen LogP contribution in [0, 0.1) is 0 Å². The number of nitrogens with zero attached hydrogens (tertiary/aromatic N) is 2. The second-order valence-electron chi connectivity index (χ2n) is 6.81. The van der Waals surface area contributed by atoms with E-state index in [1.165, 1.54) is 5.39 Å². The molecule has 124 valence electrons. The summed E-state index contributed by atoms with van der Waals surface area (Å²) in [6, 6.07) is 7.76. The van der Waals surface area contributed by atoms with Crippen LogP contribution in [0.15, 0.2) is 30.5 Å². The van der Waals surface area contributed by atoms with E-state index in [4.69, 9.17) is 0 Å². The largest absolute Gasteiger partial charge is 0.388 e. The Balaban J connectivity index is 1.80. The summed E-state index contributed by atoms with van der Waals surface area (Å²) in [5, 5.41) is 14.4.